The molecule has 0 N–H and O–H groups in total. The van der Waals surface area contributed by atoms with Gasteiger partial charge in [0, 0.05) is 5.33 Å². The minimum absolute atomic E-state index is 0.208. The Morgan fingerprint density at radius 1 is 1.00 bits per heavy atom. The molecule has 0 atom stereocenters. The summed E-state index contributed by atoms with van der Waals surface area (Å²) < 4.78 is -3.02. The van der Waals surface area contributed by atoms with Gasteiger partial charge in [0.25, 0.3) is 0 Å². The minimum Gasteiger partial charge on any atom is -0.0959 e. The highest BCUT2D eigenvalue weighted by Gasteiger charge is 2.44. The normalized spacial score (nSPS) is 14.0. The first-order valence-electron chi connectivity index (χ1n) is 1.82. The first-order valence-corrected chi connectivity index (χ1v) is 4.83. The fourth-order valence-electron chi connectivity index (χ4n) is 0.0758. The van der Waals surface area contributed by atoms with Crippen molar-refractivity contribution in [2.45, 2.75) is 8.13 Å². The Labute approximate surface area is 86.9 Å². The van der Waals surface area contributed by atoms with Crippen LogP contribution in [0, 0.1) is 0 Å². The maximum absolute atomic E-state index is 5.52. The van der Waals surface area contributed by atoms with Crippen molar-refractivity contribution in [3.63, 3.8) is 0 Å². The van der Waals surface area contributed by atoms with E-state index in [0.29, 0.717) is 0 Å². The molecular weight excluding hydrogens is 293 g/mol. The van der Waals surface area contributed by atoms with E-state index < -0.39 is 8.13 Å². The second kappa shape index (κ2) is 3.55. The highest BCUT2D eigenvalue weighted by Crippen LogP contribution is 2.46. The standard InChI is InChI=1S/C3H2BrCl5/c4-1-2(5,6)3(7,8)9/h1H2. The third kappa shape index (κ3) is 3.22. The van der Waals surface area contributed by atoms with Crippen molar-refractivity contribution in [1.82, 2.24) is 0 Å². The lowest BCUT2D eigenvalue weighted by Gasteiger charge is -2.24. The van der Waals surface area contributed by atoms with Gasteiger partial charge in [0.2, 0.25) is 3.79 Å². The maximum Gasteiger partial charge on any atom is 0.223 e. The molecule has 0 radical (unpaired) electrons. The molecule has 0 aliphatic heterocycles. The van der Waals surface area contributed by atoms with Crippen LogP contribution >= 0.6 is 73.9 Å². The van der Waals surface area contributed by atoms with Crippen LogP contribution in [0.3, 0.4) is 0 Å². The Kier molecular flexibility index (Phi) is 4.31. The van der Waals surface area contributed by atoms with Crippen LogP contribution in [-0.4, -0.2) is 13.5 Å². The van der Waals surface area contributed by atoms with E-state index in [9.17, 15) is 0 Å². The van der Waals surface area contributed by atoms with E-state index in [-0.39, 0.29) is 5.33 Å². The van der Waals surface area contributed by atoms with Crippen LogP contribution in [0.25, 0.3) is 0 Å². The zero-order valence-corrected chi connectivity index (χ0v) is 9.34. The third-order valence-corrected chi connectivity index (χ3v) is 4.45. The molecule has 0 heterocycles. The second-order valence-corrected chi connectivity index (χ2v) is 5.66. The van der Waals surface area contributed by atoms with Crippen LogP contribution in [0.5, 0.6) is 0 Å². The monoisotopic (exact) mass is 292 g/mol. The summed E-state index contributed by atoms with van der Waals surface area (Å²) in [7, 11) is 0. The summed E-state index contributed by atoms with van der Waals surface area (Å²) in [4.78, 5) is 0. The second-order valence-electron chi connectivity index (χ2n) is 1.34. The van der Waals surface area contributed by atoms with Gasteiger partial charge >= 0.3 is 0 Å². The van der Waals surface area contributed by atoms with E-state index in [1.54, 1.807) is 0 Å². The highest BCUT2D eigenvalue weighted by atomic mass is 79.9. The molecular formula is C3H2BrCl5. The molecule has 0 rings (SSSR count). The van der Waals surface area contributed by atoms with Crippen molar-refractivity contribution in [1.29, 1.82) is 0 Å². The summed E-state index contributed by atoms with van der Waals surface area (Å²) in [5.41, 5.74) is 0. The van der Waals surface area contributed by atoms with Crippen LogP contribution in [-0.2, 0) is 0 Å². The Morgan fingerprint density at radius 3 is 1.33 bits per heavy atom. The molecule has 0 aliphatic carbocycles. The third-order valence-electron chi connectivity index (χ3n) is 0.583. The van der Waals surface area contributed by atoms with Gasteiger partial charge in [-0.2, -0.15) is 0 Å². The SMILES string of the molecule is ClC(Cl)(Cl)C(Cl)(Cl)CBr. The van der Waals surface area contributed by atoms with Crippen molar-refractivity contribution in [2.24, 2.45) is 0 Å². The van der Waals surface area contributed by atoms with Crippen LogP contribution in [0.1, 0.15) is 0 Å². The summed E-state index contributed by atoms with van der Waals surface area (Å²) in [5.74, 6) is 0. The maximum atomic E-state index is 5.52. The zero-order chi connectivity index (χ0) is 7.71. The molecule has 0 saturated heterocycles. The van der Waals surface area contributed by atoms with Crippen LogP contribution < -0.4 is 0 Å². The molecule has 0 fully saturated rings. The Balaban J connectivity index is 4.14. The summed E-state index contributed by atoms with van der Waals surface area (Å²) >= 11 is 30.1. The predicted octanol–water partition coefficient (Wildman–Crippen LogP) is 3.93. The molecule has 9 heavy (non-hydrogen) atoms. The van der Waals surface area contributed by atoms with Crippen LogP contribution in [0.15, 0.2) is 0 Å². The molecule has 0 aromatic heterocycles. The van der Waals surface area contributed by atoms with E-state index in [4.69, 9.17) is 58.0 Å². The highest BCUT2D eigenvalue weighted by molar-refractivity contribution is 9.09. The van der Waals surface area contributed by atoms with Crippen molar-refractivity contribution in [3.05, 3.63) is 0 Å². The molecule has 0 amide bonds. The lowest BCUT2D eigenvalue weighted by atomic mass is 10.5. The number of hydrogen-bond donors (Lipinski definition) is 0. The minimum atomic E-state index is -1.65. The number of alkyl halides is 6. The van der Waals surface area contributed by atoms with Crippen molar-refractivity contribution >= 4 is 73.9 Å². The van der Waals surface area contributed by atoms with Gasteiger partial charge in [-0.3, -0.25) is 0 Å². The van der Waals surface area contributed by atoms with Gasteiger partial charge in [-0.05, 0) is 0 Å². The lowest BCUT2D eigenvalue weighted by Crippen LogP contribution is -2.32. The largest absolute Gasteiger partial charge is 0.223 e. The topological polar surface area (TPSA) is 0 Å². The van der Waals surface area contributed by atoms with E-state index >= 15 is 0 Å². The van der Waals surface area contributed by atoms with E-state index in [1.165, 1.54) is 0 Å². The fraction of sp³-hybridized carbons (Fsp3) is 1.00. The summed E-state index contributed by atoms with van der Waals surface area (Å²) in [6, 6.07) is 0. The lowest BCUT2D eigenvalue weighted by molar-refractivity contribution is 0.916. The van der Waals surface area contributed by atoms with Gasteiger partial charge in [0.1, 0.15) is 0 Å². The molecule has 6 heteroatoms. The molecule has 0 saturated carbocycles. The first-order chi connectivity index (χ1) is 3.81. The molecule has 56 valence electrons. The molecule has 0 nitrogen and oxygen atoms in total. The van der Waals surface area contributed by atoms with Crippen molar-refractivity contribution in [2.75, 3.05) is 5.33 Å². The molecule has 0 unspecified atom stereocenters. The van der Waals surface area contributed by atoms with Gasteiger partial charge in [-0.25, -0.2) is 0 Å². The summed E-state index contributed by atoms with van der Waals surface area (Å²) in [6.45, 7) is 0. The number of halogens is 6. The van der Waals surface area contributed by atoms with Gasteiger partial charge in [0.05, 0.1) is 0 Å². The van der Waals surface area contributed by atoms with E-state index in [0.717, 1.165) is 0 Å². The summed E-state index contributed by atoms with van der Waals surface area (Å²) in [6.07, 6.45) is 0. The number of hydrogen-bond acceptors (Lipinski definition) is 0. The van der Waals surface area contributed by atoms with Crippen LogP contribution in [0.2, 0.25) is 0 Å². The molecule has 0 bridgehead atoms. The number of rotatable bonds is 1. The van der Waals surface area contributed by atoms with Gasteiger partial charge < -0.3 is 0 Å². The van der Waals surface area contributed by atoms with Gasteiger partial charge in [0.15, 0.2) is 4.33 Å². The molecule has 0 spiro atoms. The Morgan fingerprint density at radius 2 is 1.33 bits per heavy atom. The molecule has 0 aliphatic rings. The molecule has 0 aromatic rings. The molecule has 0 aromatic carbocycles. The van der Waals surface area contributed by atoms with E-state index in [1.807, 2.05) is 0 Å². The summed E-state index contributed by atoms with van der Waals surface area (Å²) in [5, 5.41) is 0.208. The quantitative estimate of drug-likeness (QED) is 0.643. The van der Waals surface area contributed by atoms with Crippen LogP contribution in [0.4, 0.5) is 0 Å². The first kappa shape index (κ1) is 10.9. The average molecular weight is 295 g/mol. The Hall–Kier alpha value is 1.93. The average Bonchev–Trinajstić information content (AvgIpc) is 1.64. The van der Waals surface area contributed by atoms with Crippen molar-refractivity contribution in [3.8, 4) is 0 Å². The van der Waals surface area contributed by atoms with Gasteiger partial charge in [-0.15, -0.1) is 0 Å². The predicted molar refractivity (Wildman–Crippen MR) is 48.5 cm³/mol. The zero-order valence-electron chi connectivity index (χ0n) is 3.97. The fourth-order valence-corrected chi connectivity index (χ4v) is 1.18. The smallest absolute Gasteiger partial charge is 0.0959 e. The Bertz CT molecular complexity index is 94.9. The van der Waals surface area contributed by atoms with E-state index in [2.05, 4.69) is 15.9 Å². The van der Waals surface area contributed by atoms with Crippen molar-refractivity contribution < 1.29 is 0 Å². The van der Waals surface area contributed by atoms with Gasteiger partial charge in [-0.1, -0.05) is 73.9 Å².